The fraction of sp³-hybridized carbons (Fsp3) is 0.409. The van der Waals surface area contributed by atoms with Crippen LogP contribution >= 0.6 is 11.3 Å². The molecule has 5 rings (SSSR count). The molecule has 0 saturated carbocycles. The van der Waals surface area contributed by atoms with Crippen molar-refractivity contribution in [3.63, 3.8) is 0 Å². The second-order valence-electron chi connectivity index (χ2n) is 8.44. The largest absolute Gasteiger partial charge is 0.490 e. The summed E-state index contributed by atoms with van der Waals surface area (Å²) in [7, 11) is 0. The Morgan fingerprint density at radius 2 is 1.83 bits per heavy atom. The van der Waals surface area contributed by atoms with Gasteiger partial charge in [0.05, 0.1) is 12.2 Å². The van der Waals surface area contributed by atoms with Crippen LogP contribution in [0, 0.1) is 0 Å². The van der Waals surface area contributed by atoms with Crippen molar-refractivity contribution in [2.45, 2.75) is 44.1 Å². The van der Waals surface area contributed by atoms with Gasteiger partial charge in [-0.05, 0) is 43.0 Å². The maximum atomic E-state index is 12.7. The van der Waals surface area contributed by atoms with Gasteiger partial charge in [-0.2, -0.15) is 18.3 Å². The van der Waals surface area contributed by atoms with E-state index >= 15 is 0 Å². The first-order valence-electron chi connectivity index (χ1n) is 10.8. The zero-order valence-electron chi connectivity index (χ0n) is 18.4. The number of likely N-dealkylation sites (tertiary alicyclic amines) is 1. The van der Waals surface area contributed by atoms with Gasteiger partial charge >= 0.3 is 23.3 Å². The van der Waals surface area contributed by atoms with Gasteiger partial charge in [0.2, 0.25) is 0 Å². The summed E-state index contributed by atoms with van der Waals surface area (Å²) in [4.78, 5) is 42.2. The van der Waals surface area contributed by atoms with Gasteiger partial charge in [0.1, 0.15) is 5.82 Å². The number of carboxylic acids is 1. The highest BCUT2D eigenvalue weighted by atomic mass is 32.1. The summed E-state index contributed by atoms with van der Waals surface area (Å²) in [5.41, 5.74) is -0.454. The van der Waals surface area contributed by atoms with E-state index in [1.165, 1.54) is 9.56 Å². The number of halogens is 3. The van der Waals surface area contributed by atoms with Crippen LogP contribution < -0.4 is 11.1 Å². The molecule has 1 spiro atoms. The lowest BCUT2D eigenvalue weighted by atomic mass is 9.85. The number of rotatable bonds is 4. The minimum atomic E-state index is -5.08. The minimum absolute atomic E-state index is 0.143. The predicted molar refractivity (Wildman–Crippen MR) is 120 cm³/mol. The molecule has 3 aromatic rings. The number of carboxylic acid groups (broad SMARTS) is 1. The summed E-state index contributed by atoms with van der Waals surface area (Å²) >= 11 is 1.77. The maximum absolute atomic E-state index is 12.7. The van der Waals surface area contributed by atoms with Gasteiger partial charge in [-0.25, -0.2) is 9.48 Å². The molecule has 35 heavy (non-hydrogen) atoms. The molecule has 1 N–H and O–H groups in total. The number of hydrogen-bond donors (Lipinski definition) is 1. The average molecular weight is 510 g/mol. The van der Waals surface area contributed by atoms with E-state index in [2.05, 4.69) is 32.5 Å². The first-order valence-corrected chi connectivity index (χ1v) is 11.6. The van der Waals surface area contributed by atoms with Crippen LogP contribution in [0.2, 0.25) is 0 Å². The first kappa shape index (κ1) is 24.8. The molecule has 9 nitrogen and oxygen atoms in total. The summed E-state index contributed by atoms with van der Waals surface area (Å²) in [5.74, 6) is -1.99. The third-order valence-corrected chi connectivity index (χ3v) is 6.96. The third kappa shape index (κ3) is 5.35. The molecule has 1 unspecified atom stereocenters. The van der Waals surface area contributed by atoms with Gasteiger partial charge in [-0.3, -0.25) is 24.0 Å². The zero-order chi connectivity index (χ0) is 25.2. The molecule has 0 radical (unpaired) electrons. The van der Waals surface area contributed by atoms with Crippen LogP contribution in [0.15, 0.2) is 51.5 Å². The number of alkyl halides is 3. The lowest BCUT2D eigenvalue weighted by molar-refractivity contribution is -0.192. The van der Waals surface area contributed by atoms with Gasteiger partial charge in [0, 0.05) is 36.1 Å². The molecular weight excluding hydrogens is 487 g/mol. The number of hydrogen-bond acceptors (Lipinski definition) is 7. The highest BCUT2D eigenvalue weighted by molar-refractivity contribution is 7.09. The highest BCUT2D eigenvalue weighted by Gasteiger charge is 2.47. The van der Waals surface area contributed by atoms with Crippen LogP contribution in [0.1, 0.15) is 29.2 Å². The van der Waals surface area contributed by atoms with E-state index in [0.717, 1.165) is 44.0 Å². The van der Waals surface area contributed by atoms with E-state index in [4.69, 9.17) is 9.90 Å². The van der Waals surface area contributed by atoms with Crippen molar-refractivity contribution in [1.82, 2.24) is 24.2 Å². The van der Waals surface area contributed by atoms with Crippen LogP contribution in [-0.4, -0.2) is 54.6 Å². The molecule has 13 heteroatoms. The maximum Gasteiger partial charge on any atom is 0.490 e. The Labute approximate surface area is 201 Å². The number of aliphatic carboxylic acids is 1. The number of fused-ring (bicyclic) bond motifs is 2. The fourth-order valence-corrected chi connectivity index (χ4v) is 5.17. The molecule has 1 saturated heterocycles. The Kier molecular flexibility index (Phi) is 6.90. The SMILES string of the molecule is O=C(O)C(F)(F)F.O=c1c(=O)n2c(nn1Cc1ccccn1)C1(CCN(Cc3cccs3)C1)CC2. The van der Waals surface area contributed by atoms with E-state index in [-0.39, 0.29) is 12.0 Å². The number of pyridine rings is 1. The summed E-state index contributed by atoms with van der Waals surface area (Å²) in [5, 5.41) is 13.9. The number of aromatic nitrogens is 4. The summed E-state index contributed by atoms with van der Waals surface area (Å²) in [6.45, 7) is 3.58. The lowest BCUT2D eigenvalue weighted by Gasteiger charge is -2.23. The van der Waals surface area contributed by atoms with E-state index in [1.807, 2.05) is 18.2 Å². The van der Waals surface area contributed by atoms with Crippen molar-refractivity contribution in [3.05, 3.63) is 79.0 Å². The van der Waals surface area contributed by atoms with Crippen molar-refractivity contribution >= 4 is 17.3 Å². The van der Waals surface area contributed by atoms with Crippen LogP contribution in [0.4, 0.5) is 13.2 Å². The smallest absolute Gasteiger partial charge is 0.475 e. The van der Waals surface area contributed by atoms with E-state index < -0.39 is 23.3 Å². The van der Waals surface area contributed by atoms with Gasteiger partial charge < -0.3 is 5.11 Å². The van der Waals surface area contributed by atoms with Crippen LogP contribution in [0.5, 0.6) is 0 Å². The predicted octanol–water partition coefficient (Wildman–Crippen LogP) is 2.09. The van der Waals surface area contributed by atoms with Crippen LogP contribution in [0.3, 0.4) is 0 Å². The summed E-state index contributed by atoms with van der Waals surface area (Å²) in [6, 6.07) is 9.77. The monoisotopic (exact) mass is 509 g/mol. The summed E-state index contributed by atoms with van der Waals surface area (Å²) in [6.07, 6.45) is -1.57. The molecule has 186 valence electrons. The number of nitrogens with zero attached hydrogens (tertiary/aromatic N) is 5. The summed E-state index contributed by atoms with van der Waals surface area (Å²) < 4.78 is 34.6. The molecule has 0 aromatic carbocycles. The highest BCUT2D eigenvalue weighted by Crippen LogP contribution is 2.41. The van der Waals surface area contributed by atoms with Crippen molar-refractivity contribution in [2.75, 3.05) is 13.1 Å². The van der Waals surface area contributed by atoms with Gasteiger partial charge in [0.25, 0.3) is 0 Å². The lowest BCUT2D eigenvalue weighted by Crippen LogP contribution is -2.45. The van der Waals surface area contributed by atoms with E-state index in [0.29, 0.717) is 6.54 Å². The van der Waals surface area contributed by atoms with Crippen molar-refractivity contribution in [1.29, 1.82) is 0 Å². The quantitative estimate of drug-likeness (QED) is 0.537. The van der Waals surface area contributed by atoms with Crippen molar-refractivity contribution in [2.24, 2.45) is 0 Å². The van der Waals surface area contributed by atoms with Crippen molar-refractivity contribution in [3.8, 4) is 0 Å². The number of carbonyl (C=O) groups is 1. The Hall–Kier alpha value is -3.32. The second kappa shape index (κ2) is 9.74. The Bertz CT molecular complexity index is 1310. The normalized spacial score (nSPS) is 19.4. The second-order valence-corrected chi connectivity index (χ2v) is 9.47. The van der Waals surface area contributed by atoms with Gasteiger partial charge in [-0.1, -0.05) is 12.1 Å². The Balaban J connectivity index is 0.000000364. The average Bonchev–Trinajstić information content (AvgIpc) is 3.55. The van der Waals surface area contributed by atoms with Crippen molar-refractivity contribution < 1.29 is 23.1 Å². The topological polar surface area (TPSA) is 110 Å². The van der Waals surface area contributed by atoms with Gasteiger partial charge in [0.15, 0.2) is 0 Å². The minimum Gasteiger partial charge on any atom is -0.475 e. The van der Waals surface area contributed by atoms with E-state index in [9.17, 15) is 22.8 Å². The molecule has 0 bridgehead atoms. The molecule has 1 atom stereocenters. The molecule has 5 heterocycles. The Morgan fingerprint density at radius 3 is 2.46 bits per heavy atom. The molecule has 2 aliphatic rings. The number of thiophene rings is 1. The molecule has 1 fully saturated rings. The Morgan fingerprint density at radius 1 is 1.09 bits per heavy atom. The molecule has 0 amide bonds. The van der Waals surface area contributed by atoms with Crippen LogP contribution in [0.25, 0.3) is 0 Å². The fourth-order valence-electron chi connectivity index (χ4n) is 4.43. The molecular formula is C22H22F3N5O4S. The molecule has 0 aliphatic carbocycles. The third-order valence-electron chi connectivity index (χ3n) is 6.09. The standard InChI is InChI=1S/C20H21N5O2S.C2HF3O2/c26-17-18(27)25(12-15-4-1-2-8-21-15)22-19-20(7-10-24(17)19)6-9-23(14-20)13-16-5-3-11-28-16;3-2(4,5)1(6)7/h1-5,8,11H,6-7,9-10,12-14H2;(H,6,7). The van der Waals surface area contributed by atoms with E-state index in [1.54, 1.807) is 22.1 Å². The molecule has 3 aromatic heterocycles. The van der Waals surface area contributed by atoms with Gasteiger partial charge in [-0.15, -0.1) is 11.3 Å². The first-order chi connectivity index (χ1) is 16.6. The molecule has 2 aliphatic heterocycles. The van der Waals surface area contributed by atoms with Crippen LogP contribution in [-0.2, 0) is 29.8 Å². The zero-order valence-corrected chi connectivity index (χ0v) is 19.3.